The number of hydrogen-bond donors (Lipinski definition) is 2. The first-order chi connectivity index (χ1) is 15.0. The second-order valence-electron chi connectivity index (χ2n) is 7.17. The number of rotatable bonds is 9. The van der Waals surface area contributed by atoms with Gasteiger partial charge in [-0.1, -0.05) is 0 Å². The Labute approximate surface area is 182 Å². The predicted octanol–water partition coefficient (Wildman–Crippen LogP) is 3.81. The van der Waals surface area contributed by atoms with E-state index in [-0.39, 0.29) is 11.8 Å². The number of ether oxygens (including phenoxy) is 1. The quantitative estimate of drug-likeness (QED) is 0.472. The van der Waals surface area contributed by atoms with E-state index in [1.54, 1.807) is 19.2 Å². The summed E-state index contributed by atoms with van der Waals surface area (Å²) in [6.45, 7) is 6.77. The zero-order valence-electron chi connectivity index (χ0n) is 18.1. The van der Waals surface area contributed by atoms with Gasteiger partial charge in [-0.3, -0.25) is 14.5 Å². The van der Waals surface area contributed by atoms with Gasteiger partial charge in [0.2, 0.25) is 0 Å². The Kier molecular flexibility index (Phi) is 7.25. The Bertz CT molecular complexity index is 955. The van der Waals surface area contributed by atoms with Crippen LogP contribution in [0.5, 0.6) is 0 Å². The molecule has 0 saturated carbocycles. The van der Waals surface area contributed by atoms with Crippen molar-refractivity contribution in [2.45, 2.75) is 20.3 Å². The summed E-state index contributed by atoms with van der Waals surface area (Å²) >= 11 is 0. The third kappa shape index (κ3) is 5.03. The molecule has 1 heterocycles. The van der Waals surface area contributed by atoms with E-state index in [0.717, 1.165) is 18.8 Å². The summed E-state index contributed by atoms with van der Waals surface area (Å²) in [5.74, 6) is -0.674. The third-order valence-corrected chi connectivity index (χ3v) is 5.21. The Balaban J connectivity index is 1.63. The predicted molar refractivity (Wildman–Crippen MR) is 121 cm³/mol. The summed E-state index contributed by atoms with van der Waals surface area (Å²) < 4.78 is 4.98. The van der Waals surface area contributed by atoms with E-state index in [1.807, 2.05) is 24.3 Å². The van der Waals surface area contributed by atoms with Crippen LogP contribution >= 0.6 is 0 Å². The number of hydrogen-bond acceptors (Lipinski definition) is 5. The zero-order valence-corrected chi connectivity index (χ0v) is 18.1. The van der Waals surface area contributed by atoms with Crippen LogP contribution in [0.4, 0.5) is 21.9 Å². The number of benzene rings is 2. The molecule has 0 radical (unpaired) electrons. The Hall–Kier alpha value is -3.39. The standard InChI is InChI=1S/C23H28N4O4/c1-4-26(5-2)18-10-7-16(8-11-18)24-23(30)25-17-9-12-19-20(15-17)22(29)27(21(19)28)13-6-14-31-3/h7-12,15H,4-6,13-14H2,1-3H3,(H2,24,25,30). The average Bonchev–Trinajstić information content (AvgIpc) is 3.00. The van der Waals surface area contributed by atoms with Crippen LogP contribution in [0.1, 0.15) is 41.0 Å². The van der Waals surface area contributed by atoms with Crippen LogP contribution in [0.2, 0.25) is 0 Å². The smallest absolute Gasteiger partial charge is 0.323 e. The summed E-state index contributed by atoms with van der Waals surface area (Å²) in [5.41, 5.74) is 2.83. The molecule has 3 rings (SSSR count). The molecule has 2 N–H and O–H groups in total. The van der Waals surface area contributed by atoms with Crippen molar-refractivity contribution in [3.63, 3.8) is 0 Å². The van der Waals surface area contributed by atoms with E-state index in [0.29, 0.717) is 42.1 Å². The van der Waals surface area contributed by atoms with Crippen molar-refractivity contribution >= 4 is 34.9 Å². The minimum atomic E-state index is -0.427. The van der Waals surface area contributed by atoms with Gasteiger partial charge in [-0.15, -0.1) is 0 Å². The van der Waals surface area contributed by atoms with Gasteiger partial charge < -0.3 is 20.3 Å². The first-order valence-electron chi connectivity index (χ1n) is 10.4. The molecule has 0 saturated heterocycles. The van der Waals surface area contributed by atoms with Gasteiger partial charge in [-0.25, -0.2) is 4.79 Å². The van der Waals surface area contributed by atoms with Gasteiger partial charge in [-0.2, -0.15) is 0 Å². The maximum Gasteiger partial charge on any atom is 0.323 e. The molecule has 2 aromatic carbocycles. The molecule has 0 atom stereocenters. The van der Waals surface area contributed by atoms with Crippen LogP contribution in [0.15, 0.2) is 42.5 Å². The van der Waals surface area contributed by atoms with Gasteiger partial charge in [0.25, 0.3) is 11.8 Å². The Morgan fingerprint density at radius 1 is 0.935 bits per heavy atom. The molecule has 1 aliphatic heterocycles. The van der Waals surface area contributed by atoms with E-state index >= 15 is 0 Å². The molecule has 0 unspecified atom stereocenters. The molecule has 0 fully saturated rings. The summed E-state index contributed by atoms with van der Waals surface area (Å²) in [7, 11) is 1.57. The number of fused-ring (bicyclic) bond motifs is 1. The lowest BCUT2D eigenvalue weighted by Gasteiger charge is -2.21. The summed E-state index contributed by atoms with van der Waals surface area (Å²) in [4.78, 5) is 40.9. The highest BCUT2D eigenvalue weighted by Crippen LogP contribution is 2.26. The number of anilines is 3. The van der Waals surface area contributed by atoms with Crippen LogP contribution in [0.25, 0.3) is 0 Å². The first-order valence-corrected chi connectivity index (χ1v) is 10.4. The van der Waals surface area contributed by atoms with Crippen LogP contribution < -0.4 is 15.5 Å². The maximum absolute atomic E-state index is 12.6. The zero-order chi connectivity index (χ0) is 22.4. The minimum absolute atomic E-state index is 0.295. The number of carbonyl (C=O) groups is 3. The van der Waals surface area contributed by atoms with Gasteiger partial charge >= 0.3 is 6.03 Å². The first kappa shape index (κ1) is 22.3. The molecule has 0 aliphatic carbocycles. The fourth-order valence-electron chi connectivity index (χ4n) is 3.58. The topological polar surface area (TPSA) is 91.0 Å². The molecule has 164 valence electrons. The molecule has 1 aliphatic rings. The van der Waals surface area contributed by atoms with Crippen molar-refractivity contribution in [2.24, 2.45) is 0 Å². The molecule has 4 amide bonds. The molecule has 0 bridgehead atoms. The van der Waals surface area contributed by atoms with E-state index < -0.39 is 6.03 Å². The second-order valence-corrected chi connectivity index (χ2v) is 7.17. The number of amides is 4. The van der Waals surface area contributed by atoms with Gasteiger partial charge in [0.1, 0.15) is 0 Å². The summed E-state index contributed by atoms with van der Waals surface area (Å²) in [6, 6.07) is 11.9. The van der Waals surface area contributed by atoms with Crippen molar-refractivity contribution in [2.75, 3.05) is 48.9 Å². The van der Waals surface area contributed by atoms with Crippen molar-refractivity contribution in [3.8, 4) is 0 Å². The number of nitrogens with zero attached hydrogens (tertiary/aromatic N) is 2. The van der Waals surface area contributed by atoms with Crippen LogP contribution in [0, 0.1) is 0 Å². The highest BCUT2D eigenvalue weighted by atomic mass is 16.5. The van der Waals surface area contributed by atoms with Crippen molar-refractivity contribution < 1.29 is 19.1 Å². The van der Waals surface area contributed by atoms with E-state index in [4.69, 9.17) is 4.74 Å². The summed E-state index contributed by atoms with van der Waals surface area (Å²) in [5, 5.41) is 5.50. The highest BCUT2D eigenvalue weighted by molar-refractivity contribution is 6.22. The number of urea groups is 1. The van der Waals surface area contributed by atoms with Crippen molar-refractivity contribution in [3.05, 3.63) is 53.6 Å². The summed E-state index contributed by atoms with van der Waals surface area (Å²) in [6.07, 6.45) is 0.572. The number of imide groups is 1. The lowest BCUT2D eigenvalue weighted by atomic mass is 10.1. The fraction of sp³-hybridized carbons (Fsp3) is 0.348. The normalized spacial score (nSPS) is 12.7. The molecule has 2 aromatic rings. The monoisotopic (exact) mass is 424 g/mol. The van der Waals surface area contributed by atoms with Gasteiger partial charge in [0.05, 0.1) is 11.1 Å². The number of nitrogens with one attached hydrogen (secondary N) is 2. The van der Waals surface area contributed by atoms with Gasteiger partial charge in [-0.05, 0) is 62.7 Å². The maximum atomic E-state index is 12.6. The largest absolute Gasteiger partial charge is 0.385 e. The van der Waals surface area contributed by atoms with E-state index in [1.165, 1.54) is 11.0 Å². The molecule has 0 aromatic heterocycles. The molecule has 8 nitrogen and oxygen atoms in total. The average molecular weight is 425 g/mol. The molecule has 8 heteroatoms. The minimum Gasteiger partial charge on any atom is -0.385 e. The van der Waals surface area contributed by atoms with Crippen molar-refractivity contribution in [1.29, 1.82) is 0 Å². The molecule has 0 spiro atoms. The highest BCUT2D eigenvalue weighted by Gasteiger charge is 2.35. The second kappa shape index (κ2) is 10.1. The third-order valence-electron chi connectivity index (χ3n) is 5.21. The molecular formula is C23H28N4O4. The van der Waals surface area contributed by atoms with E-state index in [9.17, 15) is 14.4 Å². The Morgan fingerprint density at radius 2 is 1.55 bits per heavy atom. The molecule has 31 heavy (non-hydrogen) atoms. The number of carbonyl (C=O) groups excluding carboxylic acids is 3. The molecular weight excluding hydrogens is 396 g/mol. The van der Waals surface area contributed by atoms with Gasteiger partial charge in [0, 0.05) is 50.4 Å². The van der Waals surface area contributed by atoms with Crippen LogP contribution in [-0.4, -0.2) is 56.1 Å². The number of methoxy groups -OCH3 is 1. The fourth-order valence-corrected chi connectivity index (χ4v) is 3.58. The van der Waals surface area contributed by atoms with Crippen LogP contribution in [0.3, 0.4) is 0 Å². The Morgan fingerprint density at radius 3 is 2.19 bits per heavy atom. The lowest BCUT2D eigenvalue weighted by molar-refractivity contribution is 0.0638. The van der Waals surface area contributed by atoms with E-state index in [2.05, 4.69) is 29.4 Å². The van der Waals surface area contributed by atoms with Crippen LogP contribution in [-0.2, 0) is 4.74 Å². The SMILES string of the molecule is CCN(CC)c1ccc(NC(=O)Nc2ccc3c(c2)C(=O)N(CCCOC)C3=O)cc1. The van der Waals surface area contributed by atoms with Gasteiger partial charge in [0.15, 0.2) is 0 Å². The lowest BCUT2D eigenvalue weighted by Crippen LogP contribution is -2.31. The van der Waals surface area contributed by atoms with Crippen molar-refractivity contribution in [1.82, 2.24) is 4.90 Å².